The Morgan fingerprint density at radius 1 is 1.07 bits per heavy atom. The normalized spacial score (nSPS) is 18.7. The van der Waals surface area contributed by atoms with Gasteiger partial charge in [-0.1, -0.05) is 12.8 Å². The summed E-state index contributed by atoms with van der Waals surface area (Å²) in [6.07, 6.45) is 5.68. The molecule has 1 saturated carbocycles. The second-order valence-corrected chi connectivity index (χ2v) is 14.1. The molecule has 4 heterocycles. The summed E-state index contributed by atoms with van der Waals surface area (Å²) in [5, 5.41) is 0.703. The predicted molar refractivity (Wildman–Crippen MR) is 173 cm³/mol. The minimum absolute atomic E-state index is 0.0393. The van der Waals surface area contributed by atoms with Crippen molar-refractivity contribution in [1.82, 2.24) is 19.4 Å². The number of aromatic nitrogens is 2. The average molecular weight is 619 g/mol. The zero-order valence-electron chi connectivity index (χ0n) is 27.9. The number of nitrogens with zero attached hydrogens (tertiary/aromatic N) is 4. The maximum absolute atomic E-state index is 15.8. The second-order valence-electron chi connectivity index (χ2n) is 14.1. The molecular formula is C36H47FN4O4. The van der Waals surface area contributed by atoms with E-state index in [-0.39, 0.29) is 11.7 Å². The lowest BCUT2D eigenvalue weighted by Crippen LogP contribution is -2.51. The van der Waals surface area contributed by atoms with Crippen LogP contribution in [0.15, 0.2) is 12.1 Å². The van der Waals surface area contributed by atoms with Crippen molar-refractivity contribution in [3.8, 4) is 16.9 Å². The van der Waals surface area contributed by atoms with Crippen LogP contribution >= 0.6 is 0 Å². The molecular weight excluding hydrogens is 571 g/mol. The summed E-state index contributed by atoms with van der Waals surface area (Å²) in [4.78, 5) is 36.8. The van der Waals surface area contributed by atoms with Gasteiger partial charge in [-0.05, 0) is 90.5 Å². The Labute approximate surface area is 265 Å². The number of hydrogen-bond acceptors (Lipinski definition) is 6. The van der Waals surface area contributed by atoms with Crippen LogP contribution in [0.3, 0.4) is 0 Å². The van der Waals surface area contributed by atoms with E-state index in [0.717, 1.165) is 30.6 Å². The average Bonchev–Trinajstić information content (AvgIpc) is 3.65. The third-order valence-electron chi connectivity index (χ3n) is 9.87. The first-order chi connectivity index (χ1) is 21.4. The van der Waals surface area contributed by atoms with Crippen molar-refractivity contribution in [3.63, 3.8) is 0 Å². The van der Waals surface area contributed by atoms with Gasteiger partial charge in [-0.15, -0.1) is 0 Å². The lowest BCUT2D eigenvalue weighted by molar-refractivity contribution is -0.138. The zero-order chi connectivity index (χ0) is 32.2. The molecule has 1 aromatic carbocycles. The van der Waals surface area contributed by atoms with E-state index in [4.69, 9.17) is 14.5 Å². The first-order valence-corrected chi connectivity index (χ1v) is 16.5. The van der Waals surface area contributed by atoms with Crippen LogP contribution in [0.5, 0.6) is 5.75 Å². The van der Waals surface area contributed by atoms with Crippen LogP contribution in [0.2, 0.25) is 0 Å². The zero-order valence-corrected chi connectivity index (χ0v) is 27.9. The third-order valence-corrected chi connectivity index (χ3v) is 9.87. The van der Waals surface area contributed by atoms with Crippen molar-refractivity contribution in [3.05, 3.63) is 46.0 Å². The number of fused-ring (bicyclic) bond motifs is 2. The van der Waals surface area contributed by atoms with Gasteiger partial charge in [-0.3, -0.25) is 14.5 Å². The Morgan fingerprint density at radius 3 is 2.40 bits per heavy atom. The summed E-state index contributed by atoms with van der Waals surface area (Å²) >= 11 is 0. The van der Waals surface area contributed by atoms with Crippen LogP contribution in [-0.2, 0) is 23.0 Å². The van der Waals surface area contributed by atoms with Crippen molar-refractivity contribution in [2.24, 2.45) is 7.05 Å². The molecule has 0 spiro atoms. The first kappa shape index (κ1) is 31.7. The van der Waals surface area contributed by atoms with E-state index in [2.05, 4.69) is 4.90 Å². The van der Waals surface area contributed by atoms with Gasteiger partial charge in [0.05, 0.1) is 12.2 Å². The number of hydrogen-bond donors (Lipinski definition) is 0. The molecule has 3 aliphatic rings. The lowest BCUT2D eigenvalue weighted by atomic mass is 9.86. The summed E-state index contributed by atoms with van der Waals surface area (Å²) < 4.78 is 29.8. The molecule has 1 aliphatic carbocycles. The van der Waals surface area contributed by atoms with E-state index >= 15 is 4.39 Å². The van der Waals surface area contributed by atoms with Gasteiger partial charge in [0, 0.05) is 67.0 Å². The number of rotatable bonds is 6. The minimum Gasteiger partial charge on any atom is -0.490 e. The number of ketones is 1. The summed E-state index contributed by atoms with van der Waals surface area (Å²) in [6.45, 7) is 14.7. The summed E-state index contributed by atoms with van der Waals surface area (Å²) in [5.74, 6) is -0.326. The summed E-state index contributed by atoms with van der Waals surface area (Å²) in [7, 11) is 1.86. The molecule has 1 saturated heterocycles. The van der Waals surface area contributed by atoms with Gasteiger partial charge < -0.3 is 18.9 Å². The van der Waals surface area contributed by atoms with Gasteiger partial charge in [-0.2, -0.15) is 0 Å². The number of ether oxygens (including phenoxy) is 2. The SMILES string of the molecule is CC(=O)[C@@H](OC(C)(C)C)c1c(C)nc2c(cc(C(=O)N3CCN(C4CCCC4)CC3)n2C)c1-c1cc(F)c2c(c1C)CCCO2. The maximum atomic E-state index is 15.8. The van der Waals surface area contributed by atoms with Gasteiger partial charge in [0.1, 0.15) is 17.4 Å². The highest BCUT2D eigenvalue weighted by atomic mass is 19.1. The molecule has 2 fully saturated rings. The van der Waals surface area contributed by atoms with Crippen LogP contribution in [-0.4, -0.2) is 75.5 Å². The van der Waals surface area contributed by atoms with Gasteiger partial charge in [0.25, 0.3) is 5.91 Å². The smallest absolute Gasteiger partial charge is 0.270 e. The van der Waals surface area contributed by atoms with Crippen LogP contribution in [0.25, 0.3) is 22.2 Å². The predicted octanol–water partition coefficient (Wildman–Crippen LogP) is 6.47. The van der Waals surface area contributed by atoms with Crippen molar-refractivity contribution in [1.29, 1.82) is 0 Å². The molecule has 45 heavy (non-hydrogen) atoms. The Balaban J connectivity index is 1.51. The minimum atomic E-state index is -0.922. The largest absolute Gasteiger partial charge is 0.490 e. The number of amides is 1. The molecule has 3 aromatic rings. The maximum Gasteiger partial charge on any atom is 0.270 e. The molecule has 0 bridgehead atoms. The standard InChI is InChI=1S/C36H47FN4O4/c1-21-25-13-10-18-44-33(25)28(37)19-26(21)31-27-20-29(35(43)41-16-14-40(15-17-41)24-11-8-9-12-24)39(7)34(27)38-22(2)30(31)32(23(3)42)45-36(4,5)6/h19-20,24,32H,8-18H2,1-7H3/t32-/m1/s1. The highest BCUT2D eigenvalue weighted by Gasteiger charge is 2.34. The van der Waals surface area contributed by atoms with Crippen LogP contribution in [0.1, 0.15) is 98.8 Å². The fraction of sp³-hybridized carbons (Fsp3) is 0.583. The highest BCUT2D eigenvalue weighted by Crippen LogP contribution is 2.45. The van der Waals surface area contributed by atoms with E-state index in [1.165, 1.54) is 38.7 Å². The molecule has 9 heteroatoms. The van der Waals surface area contributed by atoms with E-state index in [1.807, 2.05) is 57.2 Å². The molecule has 8 nitrogen and oxygen atoms in total. The van der Waals surface area contributed by atoms with Crippen molar-refractivity contribution < 1.29 is 23.5 Å². The Bertz CT molecular complexity index is 1640. The Morgan fingerprint density at radius 2 is 1.76 bits per heavy atom. The van der Waals surface area contributed by atoms with E-state index < -0.39 is 17.5 Å². The van der Waals surface area contributed by atoms with Crippen LogP contribution in [0, 0.1) is 19.7 Å². The number of Topliss-reactive ketones (excluding diaryl/α,β-unsaturated/α-hetero) is 1. The number of carbonyl (C=O) groups excluding carboxylic acids is 2. The topological polar surface area (TPSA) is 76.9 Å². The number of halogens is 1. The van der Waals surface area contributed by atoms with Crippen molar-refractivity contribution >= 4 is 22.7 Å². The molecule has 1 atom stereocenters. The van der Waals surface area contributed by atoms with E-state index in [9.17, 15) is 9.59 Å². The van der Waals surface area contributed by atoms with Crippen LogP contribution < -0.4 is 4.74 Å². The van der Waals surface area contributed by atoms with Gasteiger partial charge in [0.15, 0.2) is 17.3 Å². The molecule has 0 unspecified atom stereocenters. The van der Waals surface area contributed by atoms with E-state index in [0.29, 0.717) is 77.0 Å². The fourth-order valence-electron chi connectivity index (χ4n) is 7.61. The Hall–Kier alpha value is -3.30. The van der Waals surface area contributed by atoms with E-state index in [1.54, 1.807) is 0 Å². The lowest BCUT2D eigenvalue weighted by Gasteiger charge is -2.38. The monoisotopic (exact) mass is 618 g/mol. The number of aryl methyl sites for hydroxylation is 2. The van der Waals surface area contributed by atoms with Gasteiger partial charge >= 0.3 is 0 Å². The first-order valence-electron chi connectivity index (χ1n) is 16.5. The van der Waals surface area contributed by atoms with Gasteiger partial charge in [-0.25, -0.2) is 9.37 Å². The summed E-state index contributed by atoms with van der Waals surface area (Å²) in [5.41, 5.74) is 4.84. The Kier molecular flexibility index (Phi) is 8.54. The second kappa shape index (κ2) is 12.1. The molecule has 1 amide bonds. The fourth-order valence-corrected chi connectivity index (χ4v) is 7.61. The molecule has 0 radical (unpaired) electrons. The number of benzene rings is 1. The molecule has 242 valence electrons. The third kappa shape index (κ3) is 5.89. The quantitative estimate of drug-likeness (QED) is 0.315. The van der Waals surface area contributed by atoms with Crippen LogP contribution in [0.4, 0.5) is 4.39 Å². The molecule has 2 aliphatic heterocycles. The van der Waals surface area contributed by atoms with Gasteiger partial charge in [0.2, 0.25) is 0 Å². The molecule has 0 N–H and O–H groups in total. The highest BCUT2D eigenvalue weighted by molar-refractivity contribution is 6.05. The van der Waals surface area contributed by atoms with Crippen molar-refractivity contribution in [2.45, 2.75) is 97.8 Å². The van der Waals surface area contributed by atoms with Crippen molar-refractivity contribution in [2.75, 3.05) is 32.8 Å². The molecule has 2 aromatic heterocycles. The number of carbonyl (C=O) groups is 2. The molecule has 6 rings (SSSR count). The summed E-state index contributed by atoms with van der Waals surface area (Å²) in [6, 6.07) is 4.04. The number of piperazine rings is 1. The number of pyridine rings is 1.